The van der Waals surface area contributed by atoms with Crippen LogP contribution in [0.1, 0.15) is 18.4 Å². The molecule has 2 aliphatic rings. The summed E-state index contributed by atoms with van der Waals surface area (Å²) in [7, 11) is 3.12. The molecule has 2 aromatic rings. The van der Waals surface area contributed by atoms with Crippen LogP contribution in [-0.4, -0.2) is 42.7 Å². The van der Waals surface area contributed by atoms with Gasteiger partial charge in [-0.25, -0.2) is 0 Å². The molecule has 4 rings (SSSR count). The smallest absolute Gasteiger partial charge is 0.248 e. The Kier molecular flexibility index (Phi) is 4.93. The second-order valence-electron chi connectivity index (χ2n) is 6.80. The van der Waals surface area contributed by atoms with E-state index in [0.717, 1.165) is 12.0 Å². The fraction of sp³-hybridized carbons (Fsp3) is 0.333. The van der Waals surface area contributed by atoms with E-state index in [9.17, 15) is 9.59 Å². The molecule has 0 aromatic heterocycles. The summed E-state index contributed by atoms with van der Waals surface area (Å²) in [6.07, 6.45) is 1.17. The molecular weight excluding hydrogens is 376 g/mol. The third-order valence-electron chi connectivity index (χ3n) is 5.32. The number of rotatable bonds is 5. The molecule has 28 heavy (non-hydrogen) atoms. The van der Waals surface area contributed by atoms with Gasteiger partial charge in [-0.2, -0.15) is 0 Å². The Morgan fingerprint density at radius 3 is 2.68 bits per heavy atom. The van der Waals surface area contributed by atoms with Crippen LogP contribution in [0, 0.1) is 0 Å². The van der Waals surface area contributed by atoms with Gasteiger partial charge < -0.3 is 19.7 Å². The van der Waals surface area contributed by atoms with Gasteiger partial charge in [0.1, 0.15) is 22.4 Å². The number of nitrogens with one attached hydrogen (secondary N) is 1. The maximum absolute atomic E-state index is 13.1. The van der Waals surface area contributed by atoms with Crippen molar-refractivity contribution in [3.63, 3.8) is 0 Å². The van der Waals surface area contributed by atoms with Gasteiger partial charge in [-0.15, -0.1) is 11.8 Å². The molecule has 0 spiro atoms. The zero-order valence-electron chi connectivity index (χ0n) is 15.8. The number of amides is 2. The van der Waals surface area contributed by atoms with E-state index < -0.39 is 10.9 Å². The summed E-state index contributed by atoms with van der Waals surface area (Å²) >= 11 is 1.67. The zero-order chi connectivity index (χ0) is 19.7. The van der Waals surface area contributed by atoms with Gasteiger partial charge in [0, 0.05) is 18.2 Å². The molecule has 0 saturated carbocycles. The Morgan fingerprint density at radius 2 is 1.96 bits per heavy atom. The van der Waals surface area contributed by atoms with Crippen LogP contribution in [0.3, 0.4) is 0 Å². The van der Waals surface area contributed by atoms with Crippen LogP contribution in [0.15, 0.2) is 48.5 Å². The Bertz CT molecular complexity index is 905. The highest BCUT2D eigenvalue weighted by Gasteiger charge is 2.56. The Labute approximate surface area is 168 Å². The Morgan fingerprint density at radius 1 is 1.18 bits per heavy atom. The van der Waals surface area contributed by atoms with Crippen LogP contribution in [0.25, 0.3) is 0 Å². The molecule has 2 atom stereocenters. The van der Waals surface area contributed by atoms with Crippen molar-refractivity contribution in [2.75, 3.05) is 25.3 Å². The van der Waals surface area contributed by atoms with Crippen molar-refractivity contribution in [1.82, 2.24) is 4.90 Å². The first kappa shape index (κ1) is 18.7. The number of methoxy groups -OCH3 is 2. The SMILES string of the molecule is COc1ccc(NC(=O)[C@H]2CS[C@]3(c4ccccc4)CCC(=O)N23)c(OC)c1. The van der Waals surface area contributed by atoms with Crippen molar-refractivity contribution in [2.24, 2.45) is 0 Å². The van der Waals surface area contributed by atoms with Crippen molar-refractivity contribution in [3.05, 3.63) is 54.1 Å². The molecule has 0 aliphatic carbocycles. The van der Waals surface area contributed by atoms with E-state index >= 15 is 0 Å². The quantitative estimate of drug-likeness (QED) is 0.838. The molecule has 6 nitrogen and oxygen atoms in total. The fourth-order valence-electron chi connectivity index (χ4n) is 3.95. The van der Waals surface area contributed by atoms with Gasteiger partial charge in [-0.1, -0.05) is 30.3 Å². The topological polar surface area (TPSA) is 67.9 Å². The predicted octanol–water partition coefficient (Wildman–Crippen LogP) is 3.23. The van der Waals surface area contributed by atoms with E-state index in [2.05, 4.69) is 5.32 Å². The van der Waals surface area contributed by atoms with E-state index in [1.165, 1.54) is 0 Å². The molecule has 146 valence electrons. The molecule has 7 heteroatoms. The fourth-order valence-corrected chi connectivity index (χ4v) is 5.60. The summed E-state index contributed by atoms with van der Waals surface area (Å²) in [6.45, 7) is 0. The molecule has 2 aromatic carbocycles. The lowest BCUT2D eigenvalue weighted by Gasteiger charge is -2.34. The number of carbonyl (C=O) groups excluding carboxylic acids is 2. The number of hydrogen-bond acceptors (Lipinski definition) is 5. The van der Waals surface area contributed by atoms with Crippen LogP contribution in [0.4, 0.5) is 5.69 Å². The van der Waals surface area contributed by atoms with Gasteiger partial charge in [0.2, 0.25) is 11.8 Å². The standard InChI is InChI=1S/C21H22N2O4S/c1-26-15-8-9-16(18(12-15)27-2)22-20(25)17-13-28-21(11-10-19(24)23(17)21)14-6-4-3-5-7-14/h3-9,12,17H,10-11,13H2,1-2H3,(H,22,25)/t17-,21+/m1/s1. The minimum absolute atomic E-state index is 0.0238. The van der Waals surface area contributed by atoms with E-state index in [1.54, 1.807) is 49.1 Å². The highest BCUT2D eigenvalue weighted by molar-refractivity contribution is 8.00. The highest BCUT2D eigenvalue weighted by atomic mass is 32.2. The van der Waals surface area contributed by atoms with Crippen molar-refractivity contribution >= 4 is 29.3 Å². The summed E-state index contributed by atoms with van der Waals surface area (Å²) in [5.41, 5.74) is 1.63. The lowest BCUT2D eigenvalue weighted by Crippen LogP contribution is -2.48. The van der Waals surface area contributed by atoms with Crippen molar-refractivity contribution in [2.45, 2.75) is 23.8 Å². The molecule has 1 N–H and O–H groups in total. The molecule has 2 amide bonds. The maximum Gasteiger partial charge on any atom is 0.248 e. The average molecular weight is 398 g/mol. The number of thioether (sulfide) groups is 1. The minimum Gasteiger partial charge on any atom is -0.497 e. The Hall–Kier alpha value is -2.67. The first-order valence-electron chi connectivity index (χ1n) is 9.13. The summed E-state index contributed by atoms with van der Waals surface area (Å²) in [5, 5.41) is 2.93. The molecule has 2 fully saturated rings. The zero-order valence-corrected chi connectivity index (χ0v) is 16.6. The van der Waals surface area contributed by atoms with E-state index in [0.29, 0.717) is 29.4 Å². The third-order valence-corrected chi connectivity index (χ3v) is 6.92. The van der Waals surface area contributed by atoms with Gasteiger partial charge in [0.15, 0.2) is 0 Å². The summed E-state index contributed by atoms with van der Waals surface area (Å²) in [4.78, 5) is 27.1. The Balaban J connectivity index is 1.60. The van der Waals surface area contributed by atoms with E-state index in [-0.39, 0.29) is 11.8 Å². The number of ether oxygens (including phenoxy) is 2. The molecule has 0 bridgehead atoms. The normalized spacial score (nSPS) is 23.4. The third kappa shape index (κ3) is 2.99. The van der Waals surface area contributed by atoms with Crippen molar-refractivity contribution in [1.29, 1.82) is 0 Å². The summed E-state index contributed by atoms with van der Waals surface area (Å²) in [5.74, 6) is 1.54. The van der Waals surface area contributed by atoms with Gasteiger partial charge >= 0.3 is 0 Å². The van der Waals surface area contributed by atoms with Crippen LogP contribution in [0.2, 0.25) is 0 Å². The first-order valence-corrected chi connectivity index (χ1v) is 10.1. The van der Waals surface area contributed by atoms with Crippen LogP contribution in [0.5, 0.6) is 11.5 Å². The lowest BCUT2D eigenvalue weighted by molar-refractivity contribution is -0.136. The van der Waals surface area contributed by atoms with Gasteiger partial charge in [-0.05, 0) is 24.1 Å². The van der Waals surface area contributed by atoms with Crippen LogP contribution in [-0.2, 0) is 14.5 Å². The van der Waals surface area contributed by atoms with E-state index in [4.69, 9.17) is 9.47 Å². The predicted molar refractivity (Wildman–Crippen MR) is 109 cm³/mol. The number of benzene rings is 2. The van der Waals surface area contributed by atoms with Crippen molar-refractivity contribution < 1.29 is 19.1 Å². The van der Waals surface area contributed by atoms with Gasteiger partial charge in [-0.3, -0.25) is 9.59 Å². The molecule has 2 heterocycles. The molecule has 0 unspecified atom stereocenters. The number of carbonyl (C=O) groups is 2. The van der Waals surface area contributed by atoms with Gasteiger partial charge in [0.05, 0.1) is 19.9 Å². The lowest BCUT2D eigenvalue weighted by atomic mass is 10.0. The molecule has 2 saturated heterocycles. The van der Waals surface area contributed by atoms with Crippen molar-refractivity contribution in [3.8, 4) is 11.5 Å². The van der Waals surface area contributed by atoms with E-state index in [1.807, 2.05) is 30.3 Å². The highest BCUT2D eigenvalue weighted by Crippen LogP contribution is 2.54. The molecular formula is C21H22N2O4S. The second-order valence-corrected chi connectivity index (χ2v) is 8.09. The number of nitrogens with zero attached hydrogens (tertiary/aromatic N) is 1. The summed E-state index contributed by atoms with van der Waals surface area (Å²) in [6, 6.07) is 14.7. The second kappa shape index (κ2) is 7.39. The number of anilines is 1. The first-order chi connectivity index (χ1) is 13.6. The maximum atomic E-state index is 13.1. The number of hydrogen-bond donors (Lipinski definition) is 1. The molecule has 2 aliphatic heterocycles. The molecule has 0 radical (unpaired) electrons. The monoisotopic (exact) mass is 398 g/mol. The largest absolute Gasteiger partial charge is 0.497 e. The van der Waals surface area contributed by atoms with Crippen LogP contribution >= 0.6 is 11.8 Å². The number of fused-ring (bicyclic) bond motifs is 1. The van der Waals surface area contributed by atoms with Crippen LogP contribution < -0.4 is 14.8 Å². The average Bonchev–Trinajstić information content (AvgIpc) is 3.28. The van der Waals surface area contributed by atoms with Gasteiger partial charge in [0.25, 0.3) is 0 Å². The summed E-state index contributed by atoms with van der Waals surface area (Å²) < 4.78 is 10.6. The minimum atomic E-state index is -0.521.